The van der Waals surface area contributed by atoms with Crippen molar-refractivity contribution in [3.05, 3.63) is 32.7 Å². The highest BCUT2D eigenvalue weighted by molar-refractivity contribution is 9.11. The van der Waals surface area contributed by atoms with Gasteiger partial charge in [0.25, 0.3) is 5.91 Å². The summed E-state index contributed by atoms with van der Waals surface area (Å²) in [4.78, 5) is 14.4. The van der Waals surface area contributed by atoms with Crippen molar-refractivity contribution in [2.75, 3.05) is 20.1 Å². The first kappa shape index (κ1) is 14.0. The summed E-state index contributed by atoms with van der Waals surface area (Å²) in [6.45, 7) is 1.85. The van der Waals surface area contributed by atoms with E-state index in [-0.39, 0.29) is 5.91 Å². The molecule has 1 N–H and O–H groups in total. The van der Waals surface area contributed by atoms with Gasteiger partial charge in [0.05, 0.1) is 5.56 Å². The van der Waals surface area contributed by atoms with Crippen LogP contribution < -0.4 is 5.32 Å². The van der Waals surface area contributed by atoms with Crippen LogP contribution in [0.5, 0.6) is 0 Å². The molecule has 1 atom stereocenters. The van der Waals surface area contributed by atoms with Crippen LogP contribution in [0.1, 0.15) is 23.2 Å². The Kier molecular flexibility index (Phi) is 4.81. The van der Waals surface area contributed by atoms with E-state index in [2.05, 4.69) is 49.1 Å². The lowest BCUT2D eigenvalue weighted by atomic mass is 10.2. The van der Waals surface area contributed by atoms with Crippen molar-refractivity contribution in [1.29, 1.82) is 0 Å². The molecular formula is C13H16Br2N2O. The van der Waals surface area contributed by atoms with Crippen LogP contribution in [-0.4, -0.2) is 37.0 Å². The minimum Gasteiger partial charge on any atom is -0.350 e. The normalized spacial score (nSPS) is 20.1. The molecule has 1 unspecified atom stereocenters. The Hall–Kier alpha value is -0.390. The molecule has 98 valence electrons. The number of amides is 1. The minimum atomic E-state index is -0.0188. The zero-order valence-electron chi connectivity index (χ0n) is 10.2. The summed E-state index contributed by atoms with van der Waals surface area (Å²) in [7, 11) is 2.11. The van der Waals surface area contributed by atoms with Crippen molar-refractivity contribution in [3.63, 3.8) is 0 Å². The second kappa shape index (κ2) is 6.17. The van der Waals surface area contributed by atoms with Gasteiger partial charge in [0.2, 0.25) is 0 Å². The fraction of sp³-hybridized carbons (Fsp3) is 0.462. The first-order chi connectivity index (χ1) is 8.58. The number of carbonyl (C=O) groups is 1. The average molecular weight is 376 g/mol. The van der Waals surface area contributed by atoms with Crippen LogP contribution in [0, 0.1) is 0 Å². The summed E-state index contributed by atoms with van der Waals surface area (Å²) < 4.78 is 1.77. The number of hydrogen-bond acceptors (Lipinski definition) is 2. The number of carbonyl (C=O) groups excluding carboxylic acids is 1. The van der Waals surface area contributed by atoms with Gasteiger partial charge in [-0.15, -0.1) is 0 Å². The first-order valence-corrected chi connectivity index (χ1v) is 7.60. The quantitative estimate of drug-likeness (QED) is 0.880. The zero-order chi connectivity index (χ0) is 13.1. The Balaban J connectivity index is 1.95. The second-order valence-corrected chi connectivity index (χ2v) is 6.38. The van der Waals surface area contributed by atoms with Gasteiger partial charge in [-0.05, 0) is 60.6 Å². The van der Waals surface area contributed by atoms with Gasteiger partial charge in [-0.3, -0.25) is 4.79 Å². The molecule has 5 heteroatoms. The zero-order valence-corrected chi connectivity index (χ0v) is 13.4. The van der Waals surface area contributed by atoms with Gasteiger partial charge >= 0.3 is 0 Å². The monoisotopic (exact) mass is 374 g/mol. The van der Waals surface area contributed by atoms with E-state index >= 15 is 0 Å². The van der Waals surface area contributed by atoms with Crippen LogP contribution in [0.15, 0.2) is 27.1 Å². The van der Waals surface area contributed by atoms with Gasteiger partial charge in [0, 0.05) is 21.5 Å². The van der Waals surface area contributed by atoms with E-state index in [1.54, 1.807) is 0 Å². The predicted octanol–water partition coefficient (Wildman–Crippen LogP) is 3.04. The van der Waals surface area contributed by atoms with E-state index in [0.717, 1.165) is 28.5 Å². The molecule has 0 bridgehead atoms. The van der Waals surface area contributed by atoms with Crippen LogP contribution >= 0.6 is 31.9 Å². The van der Waals surface area contributed by atoms with Crippen LogP contribution in [0.3, 0.4) is 0 Å². The number of halogens is 2. The van der Waals surface area contributed by atoms with Crippen molar-refractivity contribution in [3.8, 4) is 0 Å². The highest BCUT2D eigenvalue weighted by Gasteiger charge is 2.21. The van der Waals surface area contributed by atoms with E-state index in [1.165, 1.54) is 6.42 Å². The maximum absolute atomic E-state index is 12.1. The lowest BCUT2D eigenvalue weighted by Gasteiger charge is -2.19. The molecule has 1 aliphatic heterocycles. The molecule has 0 spiro atoms. The maximum atomic E-state index is 12.1. The number of benzene rings is 1. The Labute approximate surface area is 124 Å². The molecule has 1 fully saturated rings. The third-order valence-electron chi connectivity index (χ3n) is 3.35. The largest absolute Gasteiger partial charge is 0.350 e. The second-order valence-electron chi connectivity index (χ2n) is 4.61. The van der Waals surface area contributed by atoms with Gasteiger partial charge < -0.3 is 10.2 Å². The van der Waals surface area contributed by atoms with Gasteiger partial charge in [-0.1, -0.05) is 15.9 Å². The predicted molar refractivity (Wildman–Crippen MR) is 79.8 cm³/mol. The SMILES string of the molecule is CN1CCCC1CNC(=O)c1ccc(Br)cc1Br. The molecule has 1 amide bonds. The Bertz CT molecular complexity index is 451. The van der Waals surface area contributed by atoms with Crippen LogP contribution in [-0.2, 0) is 0 Å². The van der Waals surface area contributed by atoms with Crippen molar-refractivity contribution in [2.45, 2.75) is 18.9 Å². The molecule has 2 rings (SSSR count). The van der Waals surface area contributed by atoms with Gasteiger partial charge in [-0.2, -0.15) is 0 Å². The smallest absolute Gasteiger partial charge is 0.252 e. The highest BCUT2D eigenvalue weighted by Crippen LogP contribution is 2.22. The molecule has 18 heavy (non-hydrogen) atoms. The Morgan fingerprint density at radius 1 is 1.50 bits per heavy atom. The van der Waals surface area contributed by atoms with Crippen molar-refractivity contribution in [2.24, 2.45) is 0 Å². The van der Waals surface area contributed by atoms with Gasteiger partial charge in [-0.25, -0.2) is 0 Å². The minimum absolute atomic E-state index is 0.0188. The van der Waals surface area contributed by atoms with Crippen LogP contribution in [0.2, 0.25) is 0 Å². The number of rotatable bonds is 3. The summed E-state index contributed by atoms with van der Waals surface area (Å²) in [5, 5.41) is 3.01. The maximum Gasteiger partial charge on any atom is 0.252 e. The van der Waals surface area contributed by atoms with E-state index in [1.807, 2.05) is 18.2 Å². The number of nitrogens with zero attached hydrogens (tertiary/aromatic N) is 1. The highest BCUT2D eigenvalue weighted by atomic mass is 79.9. The molecule has 0 saturated carbocycles. The fourth-order valence-electron chi connectivity index (χ4n) is 2.22. The lowest BCUT2D eigenvalue weighted by molar-refractivity contribution is 0.0943. The van der Waals surface area contributed by atoms with E-state index in [0.29, 0.717) is 11.6 Å². The van der Waals surface area contributed by atoms with Crippen molar-refractivity contribution < 1.29 is 4.79 Å². The standard InChI is InChI=1S/C13H16Br2N2O/c1-17-6-2-3-10(17)8-16-13(18)11-5-4-9(14)7-12(11)15/h4-5,7,10H,2-3,6,8H2,1H3,(H,16,18). The third-order valence-corrected chi connectivity index (χ3v) is 4.49. The molecule has 1 aromatic rings. The number of likely N-dealkylation sites (N-methyl/N-ethyl adjacent to an activating group) is 1. The topological polar surface area (TPSA) is 32.3 Å². The van der Waals surface area contributed by atoms with Gasteiger partial charge in [0.1, 0.15) is 0 Å². The molecule has 0 aromatic heterocycles. The fourth-order valence-corrected chi connectivity index (χ4v) is 3.44. The molecule has 3 nitrogen and oxygen atoms in total. The van der Waals surface area contributed by atoms with E-state index in [4.69, 9.17) is 0 Å². The number of hydrogen-bond donors (Lipinski definition) is 1. The Morgan fingerprint density at radius 2 is 2.28 bits per heavy atom. The molecule has 1 aromatic carbocycles. The van der Waals surface area contributed by atoms with Crippen molar-refractivity contribution >= 4 is 37.8 Å². The molecule has 1 aliphatic rings. The molecule has 0 aliphatic carbocycles. The van der Waals surface area contributed by atoms with Crippen LogP contribution in [0.25, 0.3) is 0 Å². The average Bonchev–Trinajstić information content (AvgIpc) is 2.72. The van der Waals surface area contributed by atoms with E-state index < -0.39 is 0 Å². The van der Waals surface area contributed by atoms with Crippen molar-refractivity contribution in [1.82, 2.24) is 10.2 Å². The molecule has 0 radical (unpaired) electrons. The number of likely N-dealkylation sites (tertiary alicyclic amines) is 1. The third kappa shape index (κ3) is 3.33. The lowest BCUT2D eigenvalue weighted by Crippen LogP contribution is -2.38. The summed E-state index contributed by atoms with van der Waals surface area (Å²) in [5.74, 6) is -0.0188. The van der Waals surface area contributed by atoms with Gasteiger partial charge in [0.15, 0.2) is 0 Å². The van der Waals surface area contributed by atoms with Crippen LogP contribution in [0.4, 0.5) is 0 Å². The molecular weight excluding hydrogens is 360 g/mol. The summed E-state index contributed by atoms with van der Waals surface area (Å²) in [5.41, 5.74) is 0.679. The van der Waals surface area contributed by atoms with E-state index in [9.17, 15) is 4.79 Å². The summed E-state index contributed by atoms with van der Waals surface area (Å²) in [6, 6.07) is 6.06. The Morgan fingerprint density at radius 3 is 2.89 bits per heavy atom. The molecule has 1 saturated heterocycles. The molecule has 1 heterocycles. The number of nitrogens with one attached hydrogen (secondary N) is 1. The first-order valence-electron chi connectivity index (χ1n) is 6.01. The summed E-state index contributed by atoms with van der Waals surface area (Å²) in [6.07, 6.45) is 2.39. The summed E-state index contributed by atoms with van der Waals surface area (Å²) >= 11 is 6.79.